The van der Waals surface area contributed by atoms with E-state index >= 15 is 0 Å². The zero-order valence-corrected chi connectivity index (χ0v) is 11.8. The number of amidine groups is 1. The number of halogens is 1. The van der Waals surface area contributed by atoms with E-state index in [1.54, 1.807) is 16.8 Å². The molecule has 0 unspecified atom stereocenters. The second-order valence-corrected chi connectivity index (χ2v) is 4.81. The number of aryl methyl sites for hydroxylation is 1. The standard InChI is InChI=1S/C12H13BrN4O2/c1-17-5-4-9(15-17)7-19-11-3-2-8(13)6-10(11)12(14)16-18/h2-6,18H,7H2,1H3,(H2,14,16). The molecule has 1 heterocycles. The summed E-state index contributed by atoms with van der Waals surface area (Å²) >= 11 is 3.33. The van der Waals surface area contributed by atoms with Crippen LogP contribution in [0.5, 0.6) is 5.75 Å². The molecule has 2 rings (SSSR count). The first-order valence-corrected chi connectivity index (χ1v) is 6.28. The van der Waals surface area contributed by atoms with Crippen LogP contribution in [0.4, 0.5) is 0 Å². The second kappa shape index (κ2) is 5.75. The molecular weight excluding hydrogens is 312 g/mol. The van der Waals surface area contributed by atoms with E-state index in [-0.39, 0.29) is 5.84 Å². The lowest BCUT2D eigenvalue weighted by Crippen LogP contribution is -2.15. The molecule has 0 saturated heterocycles. The first-order chi connectivity index (χ1) is 9.10. The largest absolute Gasteiger partial charge is 0.486 e. The number of benzene rings is 1. The van der Waals surface area contributed by atoms with Crippen LogP contribution in [0.2, 0.25) is 0 Å². The molecular formula is C12H13BrN4O2. The van der Waals surface area contributed by atoms with Crippen LogP contribution in [0.3, 0.4) is 0 Å². The van der Waals surface area contributed by atoms with Gasteiger partial charge < -0.3 is 15.7 Å². The molecule has 1 aromatic heterocycles. The molecule has 0 atom stereocenters. The van der Waals surface area contributed by atoms with Gasteiger partial charge in [0.15, 0.2) is 5.84 Å². The van der Waals surface area contributed by atoms with E-state index in [0.29, 0.717) is 17.9 Å². The van der Waals surface area contributed by atoms with Crippen LogP contribution in [0.25, 0.3) is 0 Å². The fourth-order valence-corrected chi connectivity index (χ4v) is 1.94. The van der Waals surface area contributed by atoms with Crippen LogP contribution in [0, 0.1) is 0 Å². The number of hydrogen-bond donors (Lipinski definition) is 2. The highest BCUT2D eigenvalue weighted by Gasteiger charge is 2.10. The van der Waals surface area contributed by atoms with Crippen molar-refractivity contribution in [2.45, 2.75) is 6.61 Å². The van der Waals surface area contributed by atoms with Gasteiger partial charge in [0.2, 0.25) is 0 Å². The molecule has 3 N–H and O–H groups in total. The van der Waals surface area contributed by atoms with Gasteiger partial charge >= 0.3 is 0 Å². The summed E-state index contributed by atoms with van der Waals surface area (Å²) in [6, 6.07) is 7.16. The fourth-order valence-electron chi connectivity index (χ4n) is 1.57. The Balaban J connectivity index is 2.20. The average molecular weight is 325 g/mol. The van der Waals surface area contributed by atoms with Crippen molar-refractivity contribution in [2.75, 3.05) is 0 Å². The Morgan fingerprint density at radius 2 is 2.32 bits per heavy atom. The third-order valence-corrected chi connectivity index (χ3v) is 2.96. The van der Waals surface area contributed by atoms with Crippen molar-refractivity contribution in [3.63, 3.8) is 0 Å². The lowest BCUT2D eigenvalue weighted by atomic mass is 10.2. The maximum atomic E-state index is 8.77. The van der Waals surface area contributed by atoms with Crippen molar-refractivity contribution < 1.29 is 9.94 Å². The second-order valence-electron chi connectivity index (χ2n) is 3.90. The van der Waals surface area contributed by atoms with E-state index < -0.39 is 0 Å². The van der Waals surface area contributed by atoms with Gasteiger partial charge in [-0.25, -0.2) is 0 Å². The SMILES string of the molecule is Cn1ccc(COc2ccc(Br)cc2/C(N)=N/O)n1. The highest BCUT2D eigenvalue weighted by Crippen LogP contribution is 2.23. The lowest BCUT2D eigenvalue weighted by Gasteiger charge is -2.10. The van der Waals surface area contributed by atoms with Crippen molar-refractivity contribution in [3.8, 4) is 5.75 Å². The molecule has 0 spiro atoms. The summed E-state index contributed by atoms with van der Waals surface area (Å²) in [6.45, 7) is 0.314. The molecule has 0 radical (unpaired) electrons. The Morgan fingerprint density at radius 3 is 2.95 bits per heavy atom. The summed E-state index contributed by atoms with van der Waals surface area (Å²) < 4.78 is 8.16. The number of nitrogens with zero attached hydrogens (tertiary/aromatic N) is 3. The van der Waals surface area contributed by atoms with Crippen molar-refractivity contribution >= 4 is 21.8 Å². The number of rotatable bonds is 4. The van der Waals surface area contributed by atoms with E-state index in [4.69, 9.17) is 15.7 Å². The molecule has 19 heavy (non-hydrogen) atoms. The molecule has 0 bridgehead atoms. The zero-order chi connectivity index (χ0) is 13.8. The molecule has 7 heteroatoms. The van der Waals surface area contributed by atoms with Crippen molar-refractivity contribution in [1.82, 2.24) is 9.78 Å². The summed E-state index contributed by atoms with van der Waals surface area (Å²) in [5, 5.41) is 16.0. The Bertz CT molecular complexity index is 610. The lowest BCUT2D eigenvalue weighted by molar-refractivity contribution is 0.297. The van der Waals surface area contributed by atoms with Gasteiger partial charge in [0.25, 0.3) is 0 Å². The third kappa shape index (κ3) is 3.25. The van der Waals surface area contributed by atoms with Crippen molar-refractivity contribution in [3.05, 3.63) is 46.2 Å². The predicted molar refractivity (Wildman–Crippen MR) is 74.2 cm³/mol. The Labute approximate surface area is 118 Å². The van der Waals surface area contributed by atoms with Gasteiger partial charge in [-0.05, 0) is 24.3 Å². The zero-order valence-electron chi connectivity index (χ0n) is 10.2. The maximum absolute atomic E-state index is 8.77. The average Bonchev–Trinajstić information content (AvgIpc) is 2.82. The minimum atomic E-state index is -0.00248. The van der Waals surface area contributed by atoms with Crippen LogP contribution in [-0.2, 0) is 13.7 Å². The molecule has 0 aliphatic rings. The van der Waals surface area contributed by atoms with Crippen LogP contribution in [-0.4, -0.2) is 20.8 Å². The van der Waals surface area contributed by atoms with Crippen molar-refractivity contribution in [1.29, 1.82) is 0 Å². The van der Waals surface area contributed by atoms with Crippen LogP contribution in [0.1, 0.15) is 11.3 Å². The number of hydrogen-bond acceptors (Lipinski definition) is 4. The molecule has 0 fully saturated rings. The van der Waals surface area contributed by atoms with Gasteiger partial charge in [0.05, 0.1) is 11.3 Å². The molecule has 0 saturated carbocycles. The monoisotopic (exact) mass is 324 g/mol. The van der Waals surface area contributed by atoms with E-state index in [0.717, 1.165) is 10.2 Å². The van der Waals surface area contributed by atoms with E-state index in [9.17, 15) is 0 Å². The van der Waals surface area contributed by atoms with Gasteiger partial charge in [0.1, 0.15) is 12.4 Å². The minimum Gasteiger partial charge on any atom is -0.486 e. The Hall–Kier alpha value is -2.02. The van der Waals surface area contributed by atoms with Gasteiger partial charge in [-0.3, -0.25) is 4.68 Å². The van der Waals surface area contributed by atoms with Crippen LogP contribution >= 0.6 is 15.9 Å². The molecule has 6 nitrogen and oxygen atoms in total. The highest BCUT2D eigenvalue weighted by atomic mass is 79.9. The smallest absolute Gasteiger partial charge is 0.173 e. The normalized spacial score (nSPS) is 11.6. The maximum Gasteiger partial charge on any atom is 0.173 e. The summed E-state index contributed by atoms with van der Waals surface area (Å²) in [5.74, 6) is 0.529. The fraction of sp³-hybridized carbons (Fsp3) is 0.167. The van der Waals surface area contributed by atoms with Crippen LogP contribution < -0.4 is 10.5 Å². The predicted octanol–water partition coefficient (Wildman–Crippen LogP) is 1.86. The molecule has 100 valence electrons. The van der Waals surface area contributed by atoms with Crippen molar-refractivity contribution in [2.24, 2.45) is 17.9 Å². The minimum absolute atomic E-state index is 0.00248. The van der Waals surface area contributed by atoms with Gasteiger partial charge in [-0.15, -0.1) is 0 Å². The molecule has 0 aliphatic carbocycles. The van der Waals surface area contributed by atoms with Gasteiger partial charge in [0, 0.05) is 17.7 Å². The summed E-state index contributed by atoms with van der Waals surface area (Å²) in [6.07, 6.45) is 1.84. The molecule has 1 aromatic carbocycles. The van der Waals surface area contributed by atoms with Gasteiger partial charge in [-0.1, -0.05) is 21.1 Å². The van der Waals surface area contributed by atoms with E-state index in [2.05, 4.69) is 26.2 Å². The Kier molecular flexibility index (Phi) is 4.06. The first-order valence-electron chi connectivity index (χ1n) is 5.49. The van der Waals surface area contributed by atoms with Crippen LogP contribution in [0.15, 0.2) is 40.1 Å². The first kappa shape index (κ1) is 13.4. The summed E-state index contributed by atoms with van der Waals surface area (Å²) in [7, 11) is 1.84. The highest BCUT2D eigenvalue weighted by molar-refractivity contribution is 9.10. The molecule has 2 aromatic rings. The van der Waals surface area contributed by atoms with E-state index in [1.807, 2.05) is 25.4 Å². The number of aromatic nitrogens is 2. The van der Waals surface area contributed by atoms with E-state index in [1.165, 1.54) is 0 Å². The quantitative estimate of drug-likeness (QED) is 0.389. The molecule has 0 aliphatic heterocycles. The topological polar surface area (TPSA) is 85.7 Å². The molecule has 0 amide bonds. The number of oxime groups is 1. The third-order valence-electron chi connectivity index (χ3n) is 2.47. The number of nitrogens with two attached hydrogens (primary N) is 1. The van der Waals surface area contributed by atoms with Gasteiger partial charge in [-0.2, -0.15) is 5.10 Å². The number of ether oxygens (including phenoxy) is 1. The summed E-state index contributed by atoms with van der Waals surface area (Å²) in [5.41, 5.74) is 6.94. The summed E-state index contributed by atoms with van der Waals surface area (Å²) in [4.78, 5) is 0. The Morgan fingerprint density at radius 1 is 1.53 bits per heavy atom.